The summed E-state index contributed by atoms with van der Waals surface area (Å²) in [7, 11) is 0. The average molecular weight is 311 g/mol. The predicted octanol–water partition coefficient (Wildman–Crippen LogP) is 1.28. The second kappa shape index (κ2) is 5.18. The van der Waals surface area contributed by atoms with E-state index in [1.165, 1.54) is 10.6 Å². The van der Waals surface area contributed by atoms with E-state index in [1.807, 2.05) is 6.92 Å². The molecular formula is C11H11BrN4O2. The topological polar surface area (TPSA) is 79.8 Å². The van der Waals surface area contributed by atoms with Crippen LogP contribution in [0.4, 0.5) is 5.82 Å². The first kappa shape index (κ1) is 12.6. The Hall–Kier alpha value is -1.89. The first-order chi connectivity index (χ1) is 8.56. The van der Waals surface area contributed by atoms with E-state index in [2.05, 4.69) is 31.4 Å². The van der Waals surface area contributed by atoms with Crippen LogP contribution < -0.4 is 10.9 Å². The number of aromatic amines is 1. The number of carbonyl (C=O) groups is 1. The molecule has 0 aliphatic heterocycles. The van der Waals surface area contributed by atoms with Gasteiger partial charge in [0.2, 0.25) is 5.91 Å². The van der Waals surface area contributed by atoms with Gasteiger partial charge < -0.3 is 9.88 Å². The highest BCUT2D eigenvalue weighted by atomic mass is 79.9. The summed E-state index contributed by atoms with van der Waals surface area (Å²) in [5.41, 5.74) is 0.611. The fourth-order valence-electron chi connectivity index (χ4n) is 1.43. The van der Waals surface area contributed by atoms with Crippen molar-refractivity contribution in [2.24, 2.45) is 0 Å². The Balaban J connectivity index is 2.10. The van der Waals surface area contributed by atoms with E-state index >= 15 is 0 Å². The number of amides is 1. The van der Waals surface area contributed by atoms with Crippen LogP contribution in [0.2, 0.25) is 0 Å². The first-order valence-corrected chi connectivity index (χ1v) is 6.01. The van der Waals surface area contributed by atoms with Crippen LogP contribution in [0, 0.1) is 6.92 Å². The summed E-state index contributed by atoms with van der Waals surface area (Å²) in [5, 5.41) is 9.12. The third-order valence-electron chi connectivity index (χ3n) is 2.35. The number of nitrogens with zero attached hydrogens (tertiary/aromatic N) is 2. The molecule has 0 aliphatic rings. The van der Waals surface area contributed by atoms with E-state index in [-0.39, 0.29) is 18.0 Å². The summed E-state index contributed by atoms with van der Waals surface area (Å²) in [5.74, 6) is 0.255. The van der Waals surface area contributed by atoms with Crippen molar-refractivity contribution in [2.75, 3.05) is 5.32 Å². The minimum atomic E-state index is -0.289. The Morgan fingerprint density at radius 1 is 1.56 bits per heavy atom. The molecule has 2 rings (SSSR count). The van der Waals surface area contributed by atoms with Crippen LogP contribution in [-0.2, 0) is 11.3 Å². The molecular weight excluding hydrogens is 300 g/mol. The van der Waals surface area contributed by atoms with Crippen molar-refractivity contribution in [2.45, 2.75) is 13.5 Å². The lowest BCUT2D eigenvalue weighted by Crippen LogP contribution is -2.27. The van der Waals surface area contributed by atoms with Crippen LogP contribution in [0.3, 0.4) is 0 Å². The molecule has 2 N–H and O–H groups in total. The number of halogens is 1. The van der Waals surface area contributed by atoms with Gasteiger partial charge in [0.25, 0.3) is 5.56 Å². The molecule has 2 aromatic heterocycles. The van der Waals surface area contributed by atoms with Crippen LogP contribution >= 0.6 is 15.9 Å². The molecule has 0 spiro atoms. The van der Waals surface area contributed by atoms with Gasteiger partial charge in [-0.25, -0.2) is 0 Å². The Labute approximate surface area is 111 Å². The molecule has 2 heterocycles. The number of hydrogen-bond donors (Lipinski definition) is 2. The summed E-state index contributed by atoms with van der Waals surface area (Å²) in [6.07, 6.45) is 3.18. The standard InChI is InChI=1S/C11H11BrN4O2/c1-7-4-13-15-11(7)14-9(17)6-16-5-8(12)2-3-10(16)18/h2-5H,6H2,1H3,(H2,13,14,15,17). The zero-order valence-corrected chi connectivity index (χ0v) is 11.2. The molecule has 0 saturated carbocycles. The monoisotopic (exact) mass is 310 g/mol. The van der Waals surface area contributed by atoms with Gasteiger partial charge in [-0.15, -0.1) is 0 Å². The van der Waals surface area contributed by atoms with Crippen molar-refractivity contribution >= 4 is 27.7 Å². The lowest BCUT2D eigenvalue weighted by atomic mass is 10.3. The van der Waals surface area contributed by atoms with Crippen LogP contribution in [0.1, 0.15) is 5.56 Å². The van der Waals surface area contributed by atoms with Gasteiger partial charge in [-0.3, -0.25) is 14.7 Å². The second-order valence-electron chi connectivity index (χ2n) is 3.79. The normalized spacial score (nSPS) is 10.3. The number of hydrogen-bond acceptors (Lipinski definition) is 3. The summed E-state index contributed by atoms with van der Waals surface area (Å²) in [4.78, 5) is 23.3. The summed E-state index contributed by atoms with van der Waals surface area (Å²) >= 11 is 3.25. The van der Waals surface area contributed by atoms with Crippen LogP contribution in [0.15, 0.2) is 33.8 Å². The maximum absolute atomic E-state index is 11.8. The molecule has 0 unspecified atom stereocenters. The molecule has 1 amide bonds. The van der Waals surface area contributed by atoms with Gasteiger partial charge in [0.15, 0.2) is 0 Å². The predicted molar refractivity (Wildman–Crippen MR) is 70.4 cm³/mol. The molecule has 7 heteroatoms. The zero-order chi connectivity index (χ0) is 13.1. The maximum atomic E-state index is 11.8. The van der Waals surface area contributed by atoms with E-state index in [0.717, 1.165) is 10.0 Å². The van der Waals surface area contributed by atoms with Gasteiger partial charge in [-0.1, -0.05) is 0 Å². The highest BCUT2D eigenvalue weighted by Crippen LogP contribution is 2.08. The fourth-order valence-corrected chi connectivity index (χ4v) is 1.81. The lowest BCUT2D eigenvalue weighted by molar-refractivity contribution is -0.116. The average Bonchev–Trinajstić information content (AvgIpc) is 2.70. The molecule has 2 aromatic rings. The van der Waals surface area contributed by atoms with Gasteiger partial charge in [-0.05, 0) is 28.9 Å². The number of aryl methyl sites for hydroxylation is 1. The number of rotatable bonds is 3. The number of H-pyrrole nitrogens is 1. The summed E-state index contributed by atoms with van der Waals surface area (Å²) in [6, 6.07) is 3.04. The van der Waals surface area contributed by atoms with Crippen molar-refractivity contribution in [1.29, 1.82) is 0 Å². The van der Waals surface area contributed by atoms with E-state index in [4.69, 9.17) is 0 Å². The lowest BCUT2D eigenvalue weighted by Gasteiger charge is -2.06. The molecule has 0 aromatic carbocycles. The maximum Gasteiger partial charge on any atom is 0.251 e. The largest absolute Gasteiger partial charge is 0.309 e. The van der Waals surface area contributed by atoms with Gasteiger partial charge in [0.05, 0.1) is 6.20 Å². The number of anilines is 1. The van der Waals surface area contributed by atoms with Crippen LogP contribution in [-0.4, -0.2) is 20.7 Å². The Bertz CT molecular complexity index is 632. The fraction of sp³-hybridized carbons (Fsp3) is 0.182. The van der Waals surface area contributed by atoms with Crippen LogP contribution in [0.25, 0.3) is 0 Å². The highest BCUT2D eigenvalue weighted by molar-refractivity contribution is 9.10. The molecule has 0 fully saturated rings. The Kier molecular flexibility index (Phi) is 3.61. The number of nitrogens with one attached hydrogen (secondary N) is 2. The molecule has 0 saturated heterocycles. The van der Waals surface area contributed by atoms with Crippen molar-refractivity contribution in [1.82, 2.24) is 14.8 Å². The molecule has 0 aliphatic carbocycles. The molecule has 18 heavy (non-hydrogen) atoms. The van der Waals surface area contributed by atoms with Crippen molar-refractivity contribution < 1.29 is 4.79 Å². The minimum Gasteiger partial charge on any atom is -0.309 e. The summed E-state index contributed by atoms with van der Waals surface area (Å²) < 4.78 is 2.07. The second-order valence-corrected chi connectivity index (χ2v) is 4.71. The van der Waals surface area contributed by atoms with E-state index in [0.29, 0.717) is 5.82 Å². The Morgan fingerprint density at radius 3 is 3.00 bits per heavy atom. The molecule has 0 radical (unpaired) electrons. The van der Waals surface area contributed by atoms with E-state index in [1.54, 1.807) is 18.5 Å². The Morgan fingerprint density at radius 2 is 2.33 bits per heavy atom. The van der Waals surface area contributed by atoms with Gasteiger partial charge >= 0.3 is 0 Å². The molecule has 94 valence electrons. The zero-order valence-electron chi connectivity index (χ0n) is 9.61. The minimum absolute atomic E-state index is 0.0449. The third-order valence-corrected chi connectivity index (χ3v) is 2.82. The highest BCUT2D eigenvalue weighted by Gasteiger charge is 2.08. The van der Waals surface area contributed by atoms with Gasteiger partial charge in [0.1, 0.15) is 12.4 Å². The number of carbonyl (C=O) groups excluding carboxylic acids is 1. The quantitative estimate of drug-likeness (QED) is 0.896. The van der Waals surface area contributed by atoms with E-state index < -0.39 is 0 Å². The summed E-state index contributed by atoms with van der Waals surface area (Å²) in [6.45, 7) is 1.78. The molecule has 0 atom stereocenters. The van der Waals surface area contributed by atoms with Crippen LogP contribution in [0.5, 0.6) is 0 Å². The van der Waals surface area contributed by atoms with Crippen molar-refractivity contribution in [3.63, 3.8) is 0 Å². The SMILES string of the molecule is Cc1cn[nH]c1NC(=O)Cn1cc(Br)ccc1=O. The molecule has 0 bridgehead atoms. The first-order valence-electron chi connectivity index (χ1n) is 5.22. The van der Waals surface area contributed by atoms with Crippen molar-refractivity contribution in [3.8, 4) is 0 Å². The van der Waals surface area contributed by atoms with Gasteiger partial charge in [0, 0.05) is 22.3 Å². The van der Waals surface area contributed by atoms with Gasteiger partial charge in [-0.2, -0.15) is 5.10 Å². The van der Waals surface area contributed by atoms with E-state index in [9.17, 15) is 9.59 Å². The smallest absolute Gasteiger partial charge is 0.251 e. The number of pyridine rings is 1. The molecule has 6 nitrogen and oxygen atoms in total. The third kappa shape index (κ3) is 2.86. The van der Waals surface area contributed by atoms with Crippen molar-refractivity contribution in [3.05, 3.63) is 44.9 Å². The number of aromatic nitrogens is 3.